The smallest absolute Gasteiger partial charge is 0.318 e. The minimum atomic E-state index is -0.344. The van der Waals surface area contributed by atoms with Gasteiger partial charge in [-0.3, -0.25) is 4.79 Å². The molecule has 0 saturated carbocycles. The average Bonchev–Trinajstić information content (AvgIpc) is 3.40. The Morgan fingerprint density at radius 1 is 1.06 bits per heavy atom. The molecule has 6 nitrogen and oxygen atoms in total. The molecule has 3 heterocycles. The van der Waals surface area contributed by atoms with E-state index in [-0.39, 0.29) is 30.4 Å². The van der Waals surface area contributed by atoms with Crippen LogP contribution in [0.4, 0.5) is 10.5 Å². The van der Waals surface area contributed by atoms with Gasteiger partial charge in [-0.2, -0.15) is 0 Å². The number of hydrogen-bond acceptors (Lipinski definition) is 2. The lowest BCUT2D eigenvalue weighted by Crippen LogP contribution is -2.50. The molecule has 2 aliphatic rings. The van der Waals surface area contributed by atoms with E-state index in [1.54, 1.807) is 21.9 Å². The van der Waals surface area contributed by atoms with Gasteiger partial charge < -0.3 is 19.7 Å². The van der Waals surface area contributed by atoms with Crippen molar-refractivity contribution in [3.05, 3.63) is 87.7 Å². The van der Waals surface area contributed by atoms with Gasteiger partial charge in [-0.25, -0.2) is 4.79 Å². The van der Waals surface area contributed by atoms with Crippen LogP contribution in [0.2, 0.25) is 10.0 Å². The van der Waals surface area contributed by atoms with E-state index in [1.165, 1.54) is 0 Å². The molecule has 1 N–H and O–H groups in total. The highest BCUT2D eigenvalue weighted by Gasteiger charge is 2.37. The minimum Gasteiger partial charge on any atom is -0.348 e. The van der Waals surface area contributed by atoms with Crippen LogP contribution in [0.25, 0.3) is 0 Å². The quantitative estimate of drug-likeness (QED) is 0.569. The summed E-state index contributed by atoms with van der Waals surface area (Å²) in [5, 5.41) is 4.15. The number of fused-ring (bicyclic) bond motifs is 1. The Hall–Kier alpha value is -2.96. The lowest BCUT2D eigenvalue weighted by atomic mass is 10.00. The molecule has 0 bridgehead atoms. The Labute approximate surface area is 202 Å². The van der Waals surface area contributed by atoms with Crippen LogP contribution >= 0.6 is 23.2 Å². The van der Waals surface area contributed by atoms with Crippen molar-refractivity contribution < 1.29 is 9.59 Å². The highest BCUT2D eigenvalue weighted by atomic mass is 35.5. The first-order chi connectivity index (χ1) is 15.9. The summed E-state index contributed by atoms with van der Waals surface area (Å²) in [5.74, 6) is 0.00830. The van der Waals surface area contributed by atoms with Crippen LogP contribution < -0.4 is 10.2 Å². The third kappa shape index (κ3) is 4.21. The van der Waals surface area contributed by atoms with E-state index in [1.807, 2.05) is 55.6 Å². The van der Waals surface area contributed by atoms with E-state index in [0.717, 1.165) is 22.5 Å². The average molecular weight is 483 g/mol. The number of hydrogen-bond donors (Lipinski definition) is 1. The summed E-state index contributed by atoms with van der Waals surface area (Å²) < 4.78 is 2.14. The Morgan fingerprint density at radius 2 is 1.85 bits per heavy atom. The highest BCUT2D eigenvalue weighted by molar-refractivity contribution is 6.35. The van der Waals surface area contributed by atoms with Crippen LogP contribution in [0.5, 0.6) is 0 Å². The third-order valence-electron chi connectivity index (χ3n) is 6.35. The summed E-state index contributed by atoms with van der Waals surface area (Å²) in [6.07, 6.45) is 2.28. The molecule has 2 unspecified atom stereocenters. The summed E-state index contributed by atoms with van der Waals surface area (Å²) in [4.78, 5) is 29.6. The van der Waals surface area contributed by atoms with Crippen molar-refractivity contribution in [2.75, 3.05) is 18.0 Å². The molecule has 1 aromatic heterocycles. The summed E-state index contributed by atoms with van der Waals surface area (Å²) in [6, 6.07) is 16.4. The predicted molar refractivity (Wildman–Crippen MR) is 130 cm³/mol. The molecule has 1 saturated heterocycles. The lowest BCUT2D eigenvalue weighted by molar-refractivity contribution is -0.117. The van der Waals surface area contributed by atoms with Crippen molar-refractivity contribution in [1.82, 2.24) is 14.8 Å². The SMILES string of the molecule is Cc1ccc(N2CC(NC(=O)N3CCn4cccc4C3c3ccc(Cl)cc3Cl)CC2=O)cc1. The van der Waals surface area contributed by atoms with Crippen LogP contribution in [0.3, 0.4) is 0 Å². The summed E-state index contributed by atoms with van der Waals surface area (Å²) in [6.45, 7) is 3.68. The van der Waals surface area contributed by atoms with Crippen molar-refractivity contribution in [1.29, 1.82) is 0 Å². The van der Waals surface area contributed by atoms with Crippen LogP contribution in [0.1, 0.15) is 29.3 Å². The van der Waals surface area contributed by atoms with E-state index >= 15 is 0 Å². The molecule has 2 aliphatic heterocycles. The summed E-state index contributed by atoms with van der Waals surface area (Å²) in [5.41, 5.74) is 3.80. The number of anilines is 1. The van der Waals surface area contributed by atoms with E-state index in [0.29, 0.717) is 29.7 Å². The zero-order valence-corrected chi connectivity index (χ0v) is 19.7. The number of aryl methyl sites for hydroxylation is 1. The molecule has 0 radical (unpaired) electrons. The molecule has 2 aromatic carbocycles. The molecule has 0 aliphatic carbocycles. The van der Waals surface area contributed by atoms with E-state index < -0.39 is 0 Å². The molecule has 0 spiro atoms. The number of amides is 3. The molecule has 1 fully saturated rings. The van der Waals surface area contributed by atoms with Crippen molar-refractivity contribution in [3.8, 4) is 0 Å². The van der Waals surface area contributed by atoms with Gasteiger partial charge in [-0.15, -0.1) is 0 Å². The number of carbonyl (C=O) groups excluding carboxylic acids is 2. The third-order valence-corrected chi connectivity index (χ3v) is 6.92. The second kappa shape index (κ2) is 8.76. The van der Waals surface area contributed by atoms with Crippen LogP contribution in [-0.4, -0.2) is 40.5 Å². The van der Waals surface area contributed by atoms with Gasteiger partial charge in [0.2, 0.25) is 5.91 Å². The first-order valence-electron chi connectivity index (χ1n) is 10.9. The van der Waals surface area contributed by atoms with Crippen molar-refractivity contribution >= 4 is 40.8 Å². The molecule has 3 aromatic rings. The van der Waals surface area contributed by atoms with Gasteiger partial charge in [0.25, 0.3) is 0 Å². The number of carbonyl (C=O) groups is 2. The van der Waals surface area contributed by atoms with Gasteiger partial charge in [0.15, 0.2) is 0 Å². The van der Waals surface area contributed by atoms with Gasteiger partial charge in [-0.05, 0) is 48.9 Å². The molecule has 5 rings (SSSR count). The van der Waals surface area contributed by atoms with Gasteiger partial charge in [0, 0.05) is 53.7 Å². The minimum absolute atomic E-state index is 0.00830. The number of nitrogens with zero attached hydrogens (tertiary/aromatic N) is 3. The lowest BCUT2D eigenvalue weighted by Gasteiger charge is -2.38. The number of rotatable bonds is 3. The zero-order chi connectivity index (χ0) is 23.1. The Balaban J connectivity index is 1.37. The van der Waals surface area contributed by atoms with Gasteiger partial charge in [0.05, 0.1) is 6.04 Å². The Morgan fingerprint density at radius 3 is 2.61 bits per heavy atom. The molecule has 3 amide bonds. The second-order valence-corrected chi connectivity index (χ2v) is 9.42. The number of nitrogens with one attached hydrogen (secondary N) is 1. The van der Waals surface area contributed by atoms with Crippen molar-refractivity contribution in [3.63, 3.8) is 0 Å². The maximum atomic E-state index is 13.4. The van der Waals surface area contributed by atoms with Gasteiger partial charge in [-0.1, -0.05) is 47.0 Å². The maximum absolute atomic E-state index is 13.4. The predicted octanol–water partition coefficient (Wildman–Crippen LogP) is 5.02. The largest absolute Gasteiger partial charge is 0.348 e. The fourth-order valence-electron chi connectivity index (χ4n) is 4.69. The zero-order valence-electron chi connectivity index (χ0n) is 18.2. The second-order valence-electron chi connectivity index (χ2n) is 8.58. The van der Waals surface area contributed by atoms with Crippen molar-refractivity contribution in [2.45, 2.75) is 32.0 Å². The molecule has 8 heteroatoms. The van der Waals surface area contributed by atoms with Crippen LogP contribution in [-0.2, 0) is 11.3 Å². The first-order valence-corrected chi connectivity index (χ1v) is 11.7. The monoisotopic (exact) mass is 482 g/mol. The maximum Gasteiger partial charge on any atom is 0.318 e. The number of halogens is 2. The van der Waals surface area contributed by atoms with E-state index in [4.69, 9.17) is 23.2 Å². The molecular weight excluding hydrogens is 459 g/mol. The normalized spacial score (nSPS) is 20.2. The van der Waals surface area contributed by atoms with Crippen LogP contribution in [0.15, 0.2) is 60.8 Å². The topological polar surface area (TPSA) is 57.6 Å². The number of urea groups is 1. The standard InChI is InChI=1S/C25H24Cl2N4O2/c1-16-4-7-19(8-5-16)31-15-18(14-23(31)32)28-25(33)30-12-11-29-10-2-3-22(29)24(30)20-9-6-17(26)13-21(20)27/h2-10,13,18,24H,11-12,14-15H2,1H3,(H,28,33). The Bertz CT molecular complexity index is 1210. The molecule has 33 heavy (non-hydrogen) atoms. The fourth-order valence-corrected chi connectivity index (χ4v) is 5.20. The van der Waals surface area contributed by atoms with Crippen molar-refractivity contribution in [2.24, 2.45) is 0 Å². The molecule has 2 atom stereocenters. The molecular formula is C25H24Cl2N4O2. The van der Waals surface area contributed by atoms with Gasteiger partial charge in [0.1, 0.15) is 6.04 Å². The molecule has 170 valence electrons. The first kappa shape index (κ1) is 21.9. The van der Waals surface area contributed by atoms with Crippen LogP contribution in [0, 0.1) is 6.92 Å². The summed E-state index contributed by atoms with van der Waals surface area (Å²) >= 11 is 12.7. The Kier molecular flexibility index (Phi) is 5.81. The fraction of sp³-hybridized carbons (Fsp3) is 0.280. The summed E-state index contributed by atoms with van der Waals surface area (Å²) in [7, 11) is 0. The van der Waals surface area contributed by atoms with E-state index in [9.17, 15) is 9.59 Å². The highest BCUT2D eigenvalue weighted by Crippen LogP contribution is 2.37. The number of aromatic nitrogens is 1. The van der Waals surface area contributed by atoms with Gasteiger partial charge >= 0.3 is 6.03 Å². The number of benzene rings is 2. The van der Waals surface area contributed by atoms with E-state index in [2.05, 4.69) is 9.88 Å².